The highest BCUT2D eigenvalue weighted by atomic mass is 16.5. The van der Waals surface area contributed by atoms with Gasteiger partial charge in [-0.3, -0.25) is 4.79 Å². The zero-order valence-electron chi connectivity index (χ0n) is 13.3. The maximum atomic E-state index is 12.4. The summed E-state index contributed by atoms with van der Waals surface area (Å²) in [5.74, 6) is 0.628. The molecule has 0 saturated carbocycles. The first-order valence-electron chi connectivity index (χ1n) is 8.17. The molecule has 0 aromatic heterocycles. The molecule has 0 spiro atoms. The standard InChI is InChI=1S/C22H14O3/c23-16-6-8-19-20(12-16)25-21(22(19)24)10-13-5-7-18-15(9-13)11-14-3-1-2-4-17(14)18/h1-10,12,23H,11H2. The molecule has 5 rings (SSSR count). The number of carbonyl (C=O) groups excluding carboxylic acids is 1. The minimum atomic E-state index is -0.154. The van der Waals surface area contributed by atoms with E-state index < -0.39 is 0 Å². The maximum absolute atomic E-state index is 12.4. The van der Waals surface area contributed by atoms with E-state index in [1.807, 2.05) is 6.07 Å². The summed E-state index contributed by atoms with van der Waals surface area (Å²) in [6.45, 7) is 0. The second-order valence-corrected chi connectivity index (χ2v) is 6.37. The van der Waals surface area contributed by atoms with E-state index in [-0.39, 0.29) is 17.3 Å². The number of phenols is 1. The minimum Gasteiger partial charge on any atom is -0.508 e. The Balaban J connectivity index is 1.51. The van der Waals surface area contributed by atoms with Crippen LogP contribution in [0.15, 0.2) is 66.4 Å². The Morgan fingerprint density at radius 3 is 2.60 bits per heavy atom. The average Bonchev–Trinajstić information content (AvgIpc) is 3.12. The zero-order valence-corrected chi connectivity index (χ0v) is 13.3. The van der Waals surface area contributed by atoms with Crippen LogP contribution in [0.5, 0.6) is 11.5 Å². The lowest BCUT2D eigenvalue weighted by Crippen LogP contribution is -1.98. The predicted molar refractivity (Wildman–Crippen MR) is 95.7 cm³/mol. The van der Waals surface area contributed by atoms with Crippen LogP contribution in [0.2, 0.25) is 0 Å². The van der Waals surface area contributed by atoms with Gasteiger partial charge in [0.15, 0.2) is 5.76 Å². The summed E-state index contributed by atoms with van der Waals surface area (Å²) < 4.78 is 5.64. The average molecular weight is 326 g/mol. The Bertz CT molecular complexity index is 1080. The van der Waals surface area contributed by atoms with E-state index in [1.165, 1.54) is 34.4 Å². The largest absolute Gasteiger partial charge is 0.508 e. The van der Waals surface area contributed by atoms with Crippen molar-refractivity contribution in [2.75, 3.05) is 0 Å². The summed E-state index contributed by atoms with van der Waals surface area (Å²) in [5.41, 5.74) is 6.55. The number of rotatable bonds is 1. The number of ether oxygens (including phenoxy) is 1. The molecular weight excluding hydrogens is 312 g/mol. The lowest BCUT2D eigenvalue weighted by molar-refractivity contribution is 0.101. The molecule has 3 nitrogen and oxygen atoms in total. The van der Waals surface area contributed by atoms with Gasteiger partial charge in [-0.25, -0.2) is 0 Å². The molecular formula is C22H14O3. The summed E-state index contributed by atoms with van der Waals surface area (Å²) in [4.78, 5) is 12.4. The fourth-order valence-electron chi connectivity index (χ4n) is 3.58. The molecule has 2 aliphatic rings. The van der Waals surface area contributed by atoms with Crippen LogP contribution in [0.1, 0.15) is 27.0 Å². The zero-order chi connectivity index (χ0) is 17.0. The van der Waals surface area contributed by atoms with E-state index in [0.29, 0.717) is 11.3 Å². The van der Waals surface area contributed by atoms with Crippen molar-refractivity contribution in [3.8, 4) is 22.6 Å². The van der Waals surface area contributed by atoms with E-state index in [4.69, 9.17) is 4.74 Å². The van der Waals surface area contributed by atoms with Crippen LogP contribution in [0.4, 0.5) is 0 Å². The monoisotopic (exact) mass is 326 g/mol. The highest BCUT2D eigenvalue weighted by Crippen LogP contribution is 2.38. The van der Waals surface area contributed by atoms with Gasteiger partial charge in [-0.2, -0.15) is 0 Å². The van der Waals surface area contributed by atoms with Gasteiger partial charge in [0.1, 0.15) is 11.5 Å². The highest BCUT2D eigenvalue weighted by Gasteiger charge is 2.27. The van der Waals surface area contributed by atoms with E-state index in [0.717, 1.165) is 12.0 Å². The van der Waals surface area contributed by atoms with E-state index in [2.05, 4.69) is 36.4 Å². The van der Waals surface area contributed by atoms with Gasteiger partial charge in [-0.15, -0.1) is 0 Å². The third-order valence-corrected chi connectivity index (χ3v) is 4.77. The molecule has 0 unspecified atom stereocenters. The fourth-order valence-corrected chi connectivity index (χ4v) is 3.58. The first kappa shape index (κ1) is 14.1. The summed E-state index contributed by atoms with van der Waals surface area (Å²) in [7, 11) is 0. The van der Waals surface area contributed by atoms with Crippen molar-refractivity contribution in [1.29, 1.82) is 0 Å². The fraction of sp³-hybridized carbons (Fsp3) is 0.0455. The van der Waals surface area contributed by atoms with Crippen molar-refractivity contribution >= 4 is 11.9 Å². The lowest BCUT2D eigenvalue weighted by Gasteiger charge is -2.03. The molecule has 1 heterocycles. The number of fused-ring (bicyclic) bond motifs is 4. The first-order valence-corrected chi connectivity index (χ1v) is 8.17. The molecule has 0 amide bonds. The van der Waals surface area contributed by atoms with Crippen LogP contribution in [0.3, 0.4) is 0 Å². The quantitative estimate of drug-likeness (QED) is 0.521. The second kappa shape index (κ2) is 5.08. The van der Waals surface area contributed by atoms with Gasteiger partial charge in [-0.1, -0.05) is 42.5 Å². The Kier molecular flexibility index (Phi) is 2.86. The number of phenolic OH excluding ortho intramolecular Hbond substituents is 1. The third-order valence-electron chi connectivity index (χ3n) is 4.77. The number of ketones is 1. The molecule has 3 aromatic carbocycles. The molecule has 0 radical (unpaired) electrons. The van der Waals surface area contributed by atoms with E-state index >= 15 is 0 Å². The molecule has 120 valence electrons. The van der Waals surface area contributed by atoms with E-state index in [9.17, 15) is 9.90 Å². The molecule has 0 saturated heterocycles. The Hall–Kier alpha value is -3.33. The molecule has 25 heavy (non-hydrogen) atoms. The molecule has 0 bridgehead atoms. The van der Waals surface area contributed by atoms with Crippen molar-refractivity contribution in [3.63, 3.8) is 0 Å². The summed E-state index contributed by atoms with van der Waals surface area (Å²) in [6.07, 6.45) is 2.67. The molecule has 1 aliphatic carbocycles. The van der Waals surface area contributed by atoms with Gasteiger partial charge in [-0.05, 0) is 52.4 Å². The second-order valence-electron chi connectivity index (χ2n) is 6.37. The molecule has 1 aliphatic heterocycles. The van der Waals surface area contributed by atoms with Gasteiger partial charge in [0, 0.05) is 6.07 Å². The summed E-state index contributed by atoms with van der Waals surface area (Å²) in [6, 6.07) is 19.2. The number of carbonyl (C=O) groups is 1. The number of benzene rings is 3. The van der Waals surface area contributed by atoms with Crippen LogP contribution in [0, 0.1) is 0 Å². The smallest absolute Gasteiger partial charge is 0.231 e. The third kappa shape index (κ3) is 2.17. The van der Waals surface area contributed by atoms with Crippen LogP contribution in [-0.4, -0.2) is 10.9 Å². The van der Waals surface area contributed by atoms with Gasteiger partial charge >= 0.3 is 0 Å². The van der Waals surface area contributed by atoms with Crippen molar-refractivity contribution in [3.05, 3.63) is 88.7 Å². The Morgan fingerprint density at radius 2 is 1.68 bits per heavy atom. The van der Waals surface area contributed by atoms with Crippen molar-refractivity contribution < 1.29 is 14.6 Å². The van der Waals surface area contributed by atoms with Crippen LogP contribution in [-0.2, 0) is 6.42 Å². The normalized spacial score (nSPS) is 15.7. The van der Waals surface area contributed by atoms with Crippen molar-refractivity contribution in [2.45, 2.75) is 6.42 Å². The minimum absolute atomic E-state index is 0.0862. The van der Waals surface area contributed by atoms with Crippen molar-refractivity contribution in [1.82, 2.24) is 0 Å². The molecule has 3 aromatic rings. The number of Topliss-reactive ketones (excluding diaryl/α,β-unsaturated/α-hetero) is 1. The van der Waals surface area contributed by atoms with Crippen molar-refractivity contribution in [2.24, 2.45) is 0 Å². The topological polar surface area (TPSA) is 46.5 Å². The number of allylic oxidation sites excluding steroid dienone is 1. The van der Waals surface area contributed by atoms with Gasteiger partial charge in [0.25, 0.3) is 0 Å². The van der Waals surface area contributed by atoms with Crippen LogP contribution < -0.4 is 4.74 Å². The lowest BCUT2D eigenvalue weighted by atomic mass is 10.0. The maximum Gasteiger partial charge on any atom is 0.231 e. The molecule has 0 atom stereocenters. The Morgan fingerprint density at radius 1 is 0.880 bits per heavy atom. The predicted octanol–water partition coefficient (Wildman–Crippen LogP) is 4.58. The SMILES string of the molecule is O=C1C(=Cc2ccc3c(c2)Cc2ccccc2-3)Oc2cc(O)ccc21. The number of hydrogen-bond acceptors (Lipinski definition) is 3. The Labute approximate surface area is 144 Å². The summed E-state index contributed by atoms with van der Waals surface area (Å²) >= 11 is 0. The first-order chi connectivity index (χ1) is 12.2. The molecule has 3 heteroatoms. The summed E-state index contributed by atoms with van der Waals surface area (Å²) in [5, 5.41) is 9.54. The van der Waals surface area contributed by atoms with Gasteiger partial charge < -0.3 is 9.84 Å². The highest BCUT2D eigenvalue weighted by molar-refractivity contribution is 6.14. The number of hydrogen-bond donors (Lipinski definition) is 1. The molecule has 1 N–H and O–H groups in total. The van der Waals surface area contributed by atoms with Crippen LogP contribution in [0.25, 0.3) is 17.2 Å². The van der Waals surface area contributed by atoms with E-state index in [1.54, 1.807) is 12.1 Å². The van der Waals surface area contributed by atoms with Gasteiger partial charge in [0.2, 0.25) is 5.78 Å². The molecule has 0 fully saturated rings. The van der Waals surface area contributed by atoms with Crippen LogP contribution >= 0.6 is 0 Å². The van der Waals surface area contributed by atoms with Gasteiger partial charge in [0.05, 0.1) is 5.56 Å². The number of aromatic hydroxyl groups is 1.